The summed E-state index contributed by atoms with van der Waals surface area (Å²) in [6, 6.07) is 18.4. The van der Waals surface area contributed by atoms with Crippen LogP contribution in [0.3, 0.4) is 0 Å². The van der Waals surface area contributed by atoms with Gasteiger partial charge in [0, 0.05) is 40.8 Å². The fraction of sp³-hybridized carbons (Fsp3) is 0.0769. The number of nitrogens with one attached hydrogen (secondary N) is 2. The predicted molar refractivity (Wildman–Crippen MR) is 145 cm³/mol. The molecule has 13 heteroatoms. The summed E-state index contributed by atoms with van der Waals surface area (Å²) in [6.07, 6.45) is 1.83. The molecule has 0 bridgehead atoms. The number of aliphatic carboxylic acids is 1. The molecule has 0 aliphatic rings. The second-order valence-electron chi connectivity index (χ2n) is 8.60. The predicted octanol–water partition coefficient (Wildman–Crippen LogP) is 2.55. The van der Waals surface area contributed by atoms with Crippen LogP contribution in [0.25, 0.3) is 27.5 Å². The largest absolute Gasteiger partial charge is 0.480 e. The zero-order valence-corrected chi connectivity index (χ0v) is 20.2. The maximum atomic E-state index is 12.3. The summed E-state index contributed by atoms with van der Waals surface area (Å²) >= 11 is 0. The van der Waals surface area contributed by atoms with Crippen molar-refractivity contribution in [3.63, 3.8) is 0 Å². The number of nitrogens with zero attached hydrogens (tertiary/aromatic N) is 4. The molecule has 2 aromatic heterocycles. The zero-order valence-electron chi connectivity index (χ0n) is 20.2. The van der Waals surface area contributed by atoms with Crippen LogP contribution in [0.15, 0.2) is 87.5 Å². The fourth-order valence-electron chi connectivity index (χ4n) is 4.31. The molecule has 0 aliphatic carbocycles. The van der Waals surface area contributed by atoms with Gasteiger partial charge in [0.2, 0.25) is 0 Å². The van der Waals surface area contributed by atoms with Crippen LogP contribution in [0.5, 0.6) is 0 Å². The Bertz CT molecular complexity index is 1900. The minimum absolute atomic E-state index is 0.0358. The molecule has 39 heavy (non-hydrogen) atoms. The molecule has 5 aromatic rings. The second kappa shape index (κ2) is 9.97. The first-order valence-electron chi connectivity index (χ1n) is 11.6. The lowest BCUT2D eigenvalue weighted by atomic mass is 10.1. The van der Waals surface area contributed by atoms with E-state index in [0.29, 0.717) is 22.1 Å². The lowest BCUT2D eigenvalue weighted by Crippen LogP contribution is -2.37. The number of fused-ring (bicyclic) bond motifs is 3. The summed E-state index contributed by atoms with van der Waals surface area (Å²) in [5, 5.41) is 24.4. The molecular weight excluding hydrogens is 506 g/mol. The Morgan fingerprint density at radius 3 is 2.56 bits per heavy atom. The number of guanidine groups is 1. The summed E-state index contributed by atoms with van der Waals surface area (Å²) in [4.78, 5) is 53.3. The van der Waals surface area contributed by atoms with Crippen LogP contribution in [0.2, 0.25) is 0 Å². The number of benzene rings is 3. The summed E-state index contributed by atoms with van der Waals surface area (Å²) in [5.74, 6) is -1.12. The number of nitro benzene ring substituents is 1. The molecule has 0 aliphatic heterocycles. The number of aromatic amines is 1. The fourth-order valence-corrected chi connectivity index (χ4v) is 4.31. The van der Waals surface area contributed by atoms with E-state index in [-0.39, 0.29) is 18.2 Å². The van der Waals surface area contributed by atoms with E-state index >= 15 is 0 Å². The van der Waals surface area contributed by atoms with Crippen molar-refractivity contribution in [2.24, 2.45) is 10.7 Å². The minimum atomic E-state index is -1.24. The SMILES string of the molecule is NC(=NCc1cccn1-c1ccc2ccc3c([nH]c(=O)c(=O)n3CC(=O)O)c2c1)Nc1ccc([N+](=O)[O-])cc1. The number of carboxylic acid groups (broad SMARTS) is 1. The number of aliphatic imine (C=N–C) groups is 1. The molecule has 0 atom stereocenters. The number of anilines is 1. The Kier molecular flexibility index (Phi) is 6.38. The van der Waals surface area contributed by atoms with Crippen molar-refractivity contribution in [1.82, 2.24) is 14.1 Å². The van der Waals surface area contributed by atoms with Crippen LogP contribution < -0.4 is 22.2 Å². The third kappa shape index (κ3) is 4.96. The molecule has 0 saturated carbocycles. The molecule has 196 valence electrons. The molecular formula is C26H21N7O6. The molecule has 0 unspecified atom stereocenters. The highest BCUT2D eigenvalue weighted by Gasteiger charge is 2.14. The Hall–Kier alpha value is -5.72. The third-order valence-electron chi connectivity index (χ3n) is 6.12. The van der Waals surface area contributed by atoms with Gasteiger partial charge in [-0.3, -0.25) is 29.1 Å². The third-order valence-corrected chi connectivity index (χ3v) is 6.12. The maximum Gasteiger partial charge on any atom is 0.323 e. The molecule has 3 aromatic carbocycles. The van der Waals surface area contributed by atoms with Gasteiger partial charge in [-0.2, -0.15) is 0 Å². The molecule has 0 amide bonds. The average molecular weight is 527 g/mol. The number of hydrogen-bond acceptors (Lipinski definition) is 6. The van der Waals surface area contributed by atoms with Gasteiger partial charge < -0.3 is 25.7 Å². The number of rotatable bonds is 7. The van der Waals surface area contributed by atoms with Gasteiger partial charge in [-0.25, -0.2) is 4.99 Å². The van der Waals surface area contributed by atoms with Gasteiger partial charge in [-0.15, -0.1) is 0 Å². The highest BCUT2D eigenvalue weighted by atomic mass is 16.6. The van der Waals surface area contributed by atoms with E-state index in [1.54, 1.807) is 12.1 Å². The van der Waals surface area contributed by atoms with E-state index in [9.17, 15) is 29.6 Å². The van der Waals surface area contributed by atoms with Gasteiger partial charge in [-0.05, 0) is 47.9 Å². The van der Waals surface area contributed by atoms with Gasteiger partial charge in [0.25, 0.3) is 5.69 Å². The number of H-pyrrole nitrogens is 1. The molecule has 5 N–H and O–H groups in total. The average Bonchev–Trinajstić information content (AvgIpc) is 3.38. The lowest BCUT2D eigenvalue weighted by molar-refractivity contribution is -0.384. The first kappa shape index (κ1) is 25.0. The highest BCUT2D eigenvalue weighted by molar-refractivity contribution is 6.04. The van der Waals surface area contributed by atoms with E-state index in [1.165, 1.54) is 24.3 Å². The van der Waals surface area contributed by atoms with Gasteiger partial charge in [0.05, 0.1) is 22.5 Å². The number of hydrogen-bond donors (Lipinski definition) is 4. The van der Waals surface area contributed by atoms with Crippen molar-refractivity contribution in [2.45, 2.75) is 13.1 Å². The second-order valence-corrected chi connectivity index (χ2v) is 8.60. The van der Waals surface area contributed by atoms with Crippen LogP contribution in [0, 0.1) is 10.1 Å². The van der Waals surface area contributed by atoms with Gasteiger partial charge in [0.1, 0.15) is 6.54 Å². The lowest BCUT2D eigenvalue weighted by Gasteiger charge is -2.13. The molecule has 0 saturated heterocycles. The molecule has 0 radical (unpaired) electrons. The Labute approximate surface area is 218 Å². The van der Waals surface area contributed by atoms with E-state index < -0.39 is 28.6 Å². The number of carboxylic acids is 1. The zero-order chi connectivity index (χ0) is 27.7. The quantitative estimate of drug-likeness (QED) is 0.0620. The monoisotopic (exact) mass is 527 g/mol. The van der Waals surface area contributed by atoms with Gasteiger partial charge >= 0.3 is 17.1 Å². The van der Waals surface area contributed by atoms with Gasteiger partial charge in [-0.1, -0.05) is 12.1 Å². The van der Waals surface area contributed by atoms with E-state index in [2.05, 4.69) is 15.3 Å². The Morgan fingerprint density at radius 1 is 1.10 bits per heavy atom. The molecule has 5 rings (SSSR count). The summed E-state index contributed by atoms with van der Waals surface area (Å²) < 4.78 is 2.82. The summed E-state index contributed by atoms with van der Waals surface area (Å²) in [7, 11) is 0. The minimum Gasteiger partial charge on any atom is -0.480 e. The van der Waals surface area contributed by atoms with Crippen LogP contribution in [-0.4, -0.2) is 36.1 Å². The molecule has 0 spiro atoms. The van der Waals surface area contributed by atoms with Crippen molar-refractivity contribution in [1.29, 1.82) is 0 Å². The first-order valence-corrected chi connectivity index (χ1v) is 11.6. The van der Waals surface area contributed by atoms with E-state index in [4.69, 9.17) is 5.73 Å². The number of nitrogens with two attached hydrogens (primary N) is 1. The number of nitro groups is 1. The molecule has 0 fully saturated rings. The highest BCUT2D eigenvalue weighted by Crippen LogP contribution is 2.26. The molecule has 13 nitrogen and oxygen atoms in total. The van der Waals surface area contributed by atoms with Crippen LogP contribution in [0.1, 0.15) is 5.69 Å². The van der Waals surface area contributed by atoms with E-state index in [1.807, 2.05) is 41.1 Å². The molecule has 2 heterocycles. The van der Waals surface area contributed by atoms with Crippen molar-refractivity contribution < 1.29 is 14.8 Å². The smallest absolute Gasteiger partial charge is 0.323 e. The van der Waals surface area contributed by atoms with Crippen molar-refractivity contribution in [3.05, 3.63) is 109 Å². The number of carbonyl (C=O) groups is 1. The summed E-state index contributed by atoms with van der Waals surface area (Å²) in [6.45, 7) is -0.430. The van der Waals surface area contributed by atoms with Gasteiger partial charge in [0.15, 0.2) is 5.96 Å². The van der Waals surface area contributed by atoms with Crippen LogP contribution in [-0.2, 0) is 17.9 Å². The first-order chi connectivity index (χ1) is 18.7. The number of aromatic nitrogens is 3. The van der Waals surface area contributed by atoms with Crippen LogP contribution in [0.4, 0.5) is 11.4 Å². The Morgan fingerprint density at radius 2 is 1.85 bits per heavy atom. The Balaban J connectivity index is 1.47. The maximum absolute atomic E-state index is 12.3. The van der Waals surface area contributed by atoms with Crippen LogP contribution >= 0.6 is 0 Å². The number of non-ortho nitro benzene ring substituents is 1. The summed E-state index contributed by atoms with van der Waals surface area (Å²) in [5.41, 5.74) is 6.86. The normalized spacial score (nSPS) is 11.6. The van der Waals surface area contributed by atoms with Crippen molar-refractivity contribution in [2.75, 3.05) is 5.32 Å². The standard InChI is InChI=1S/C26H21N7O6/c27-26(29-16-5-8-17(9-6-16)33(38)39)28-13-19-2-1-11-31(19)18-7-3-15-4-10-21-23(20(15)12-18)30-24(36)25(37)32(21)14-22(34)35/h1-12H,13-14H2,(H,30,36)(H,34,35)(H3,27,28,29). The van der Waals surface area contributed by atoms with E-state index in [0.717, 1.165) is 21.3 Å². The van der Waals surface area contributed by atoms with Crippen molar-refractivity contribution >= 4 is 45.1 Å². The van der Waals surface area contributed by atoms with Crippen molar-refractivity contribution in [3.8, 4) is 5.69 Å². The topological polar surface area (TPSA) is 191 Å².